The Morgan fingerprint density at radius 1 is 1.10 bits per heavy atom. The van der Waals surface area contributed by atoms with Crippen LogP contribution in [0, 0.1) is 5.82 Å². The molecule has 1 aromatic heterocycles. The van der Waals surface area contributed by atoms with Crippen LogP contribution in [-0.2, 0) is 13.2 Å². The fourth-order valence-electron chi connectivity index (χ4n) is 2.95. The molecule has 0 bridgehead atoms. The molecule has 0 aliphatic heterocycles. The van der Waals surface area contributed by atoms with Crippen LogP contribution in [0.5, 0.6) is 5.88 Å². The Hall–Kier alpha value is -2.83. The van der Waals surface area contributed by atoms with E-state index in [9.17, 15) is 19.1 Å². The number of rotatable bonds is 6. The van der Waals surface area contributed by atoms with Gasteiger partial charge in [-0.05, 0) is 36.8 Å². The van der Waals surface area contributed by atoms with Gasteiger partial charge >= 0.3 is 5.97 Å². The molecule has 0 radical (unpaired) electrons. The number of hydrogen-bond donors (Lipinski definition) is 1. The van der Waals surface area contributed by atoms with Crippen LogP contribution in [0.2, 0.25) is 10.0 Å². The number of aromatic carboxylic acids is 1. The summed E-state index contributed by atoms with van der Waals surface area (Å²) in [6.07, 6.45) is 0. The van der Waals surface area contributed by atoms with Gasteiger partial charge in [0.1, 0.15) is 18.0 Å². The molecular formula is C21H16Cl2FNO4. The summed E-state index contributed by atoms with van der Waals surface area (Å²) in [5.74, 6) is -1.54. The quantitative estimate of drug-likeness (QED) is 0.573. The van der Waals surface area contributed by atoms with Crippen LogP contribution in [0.4, 0.5) is 4.39 Å². The van der Waals surface area contributed by atoms with Gasteiger partial charge in [-0.1, -0.05) is 41.4 Å². The molecule has 1 N–H and O–H groups in total. The zero-order valence-electron chi connectivity index (χ0n) is 15.3. The molecule has 150 valence electrons. The van der Waals surface area contributed by atoms with Gasteiger partial charge in [0.25, 0.3) is 0 Å². The monoisotopic (exact) mass is 435 g/mol. The van der Waals surface area contributed by atoms with Gasteiger partial charge in [0.05, 0.1) is 15.7 Å². The Labute approximate surface area is 175 Å². The van der Waals surface area contributed by atoms with Gasteiger partial charge in [-0.2, -0.15) is 0 Å². The van der Waals surface area contributed by atoms with E-state index in [2.05, 4.69) is 0 Å². The minimum atomic E-state index is -1.36. The number of hydrogen-bond acceptors (Lipinski definition) is 3. The van der Waals surface area contributed by atoms with Crippen LogP contribution in [0.3, 0.4) is 0 Å². The molecule has 3 rings (SSSR count). The lowest BCUT2D eigenvalue weighted by Gasteiger charge is -2.20. The molecule has 0 aliphatic carbocycles. The Morgan fingerprint density at radius 3 is 2.38 bits per heavy atom. The molecule has 0 fully saturated rings. The molecule has 0 saturated carbocycles. The summed E-state index contributed by atoms with van der Waals surface area (Å²) in [6.45, 7) is 2.20. The first-order valence-electron chi connectivity index (χ1n) is 8.65. The van der Waals surface area contributed by atoms with E-state index in [-0.39, 0.29) is 34.6 Å². The van der Waals surface area contributed by atoms with Crippen LogP contribution in [0.25, 0.3) is 11.3 Å². The number of carboxylic acids is 1. The maximum Gasteiger partial charge on any atom is 0.341 e. The van der Waals surface area contributed by atoms with E-state index < -0.39 is 11.4 Å². The summed E-state index contributed by atoms with van der Waals surface area (Å²) >= 11 is 12.1. The normalized spacial score (nSPS) is 10.8. The third kappa shape index (κ3) is 4.44. The van der Waals surface area contributed by atoms with Gasteiger partial charge in [0.2, 0.25) is 5.43 Å². The van der Waals surface area contributed by atoms with Crippen LogP contribution in [0.15, 0.2) is 53.3 Å². The van der Waals surface area contributed by atoms with Crippen molar-refractivity contribution in [3.63, 3.8) is 0 Å². The minimum Gasteiger partial charge on any atom is -0.477 e. The van der Waals surface area contributed by atoms with Crippen molar-refractivity contribution >= 4 is 29.2 Å². The summed E-state index contributed by atoms with van der Waals surface area (Å²) in [4.78, 5) is 24.4. The zero-order valence-corrected chi connectivity index (χ0v) is 16.8. The van der Waals surface area contributed by atoms with Crippen molar-refractivity contribution in [3.05, 3.63) is 85.7 Å². The fraction of sp³-hybridized carbons (Fsp3) is 0.143. The van der Waals surface area contributed by atoms with Crippen LogP contribution in [-0.4, -0.2) is 15.6 Å². The van der Waals surface area contributed by atoms with Gasteiger partial charge in [-0.15, -0.1) is 0 Å². The molecule has 0 saturated heterocycles. The third-order valence-corrected chi connectivity index (χ3v) is 5.04. The molecule has 2 aromatic carbocycles. The molecule has 0 amide bonds. The van der Waals surface area contributed by atoms with Gasteiger partial charge < -0.3 is 14.4 Å². The fourth-order valence-corrected chi connectivity index (χ4v) is 3.24. The average Bonchev–Trinajstić information content (AvgIpc) is 2.68. The number of aromatic nitrogens is 1. The molecule has 0 atom stereocenters. The Kier molecular flexibility index (Phi) is 6.25. The molecule has 0 aliphatic rings. The smallest absolute Gasteiger partial charge is 0.341 e. The highest BCUT2D eigenvalue weighted by molar-refractivity contribution is 6.42. The molecule has 0 spiro atoms. The van der Waals surface area contributed by atoms with E-state index >= 15 is 0 Å². The third-order valence-electron chi connectivity index (χ3n) is 4.30. The lowest BCUT2D eigenvalue weighted by atomic mass is 10.0. The van der Waals surface area contributed by atoms with Crippen molar-refractivity contribution < 1.29 is 19.0 Å². The SMILES string of the molecule is CCn1c(OCc2ccc(F)cc2)cc(=O)c(C(=O)O)c1-c1ccc(Cl)c(Cl)c1. The molecule has 3 aromatic rings. The second-order valence-corrected chi connectivity index (χ2v) is 6.98. The van der Waals surface area contributed by atoms with Crippen molar-refractivity contribution in [2.45, 2.75) is 20.1 Å². The van der Waals surface area contributed by atoms with E-state index in [1.165, 1.54) is 24.3 Å². The van der Waals surface area contributed by atoms with E-state index in [1.807, 2.05) is 0 Å². The lowest BCUT2D eigenvalue weighted by Crippen LogP contribution is -2.22. The molecule has 5 nitrogen and oxygen atoms in total. The van der Waals surface area contributed by atoms with Crippen LogP contribution in [0.1, 0.15) is 22.8 Å². The van der Waals surface area contributed by atoms with Crippen molar-refractivity contribution in [3.8, 4) is 17.1 Å². The van der Waals surface area contributed by atoms with Crippen molar-refractivity contribution in [2.24, 2.45) is 0 Å². The number of carbonyl (C=O) groups is 1. The maximum atomic E-state index is 13.1. The lowest BCUT2D eigenvalue weighted by molar-refractivity contribution is 0.0695. The Bertz CT molecular complexity index is 1130. The zero-order chi connectivity index (χ0) is 21.1. The van der Waals surface area contributed by atoms with E-state index in [0.29, 0.717) is 22.7 Å². The number of pyridine rings is 1. The van der Waals surface area contributed by atoms with Gasteiger partial charge in [0.15, 0.2) is 5.88 Å². The highest BCUT2D eigenvalue weighted by Gasteiger charge is 2.23. The first kappa shape index (κ1) is 20.9. The van der Waals surface area contributed by atoms with Crippen LogP contribution < -0.4 is 10.2 Å². The van der Waals surface area contributed by atoms with Crippen molar-refractivity contribution in [2.75, 3.05) is 0 Å². The van der Waals surface area contributed by atoms with Gasteiger partial charge in [0, 0.05) is 18.2 Å². The van der Waals surface area contributed by atoms with E-state index in [1.54, 1.807) is 29.7 Å². The number of benzene rings is 2. The predicted octanol–water partition coefficient (Wildman–Crippen LogP) is 5.26. The Balaban J connectivity index is 2.14. The predicted molar refractivity (Wildman–Crippen MR) is 110 cm³/mol. The molecule has 8 heteroatoms. The number of halogens is 3. The minimum absolute atomic E-state index is 0.0763. The summed E-state index contributed by atoms with van der Waals surface area (Å²) in [5, 5.41) is 10.2. The van der Waals surface area contributed by atoms with Crippen molar-refractivity contribution in [1.29, 1.82) is 0 Å². The number of nitrogens with zero attached hydrogens (tertiary/aromatic N) is 1. The van der Waals surface area contributed by atoms with E-state index in [0.717, 1.165) is 6.07 Å². The Morgan fingerprint density at radius 2 is 1.79 bits per heavy atom. The first-order chi connectivity index (χ1) is 13.8. The highest BCUT2D eigenvalue weighted by atomic mass is 35.5. The van der Waals surface area contributed by atoms with Crippen molar-refractivity contribution in [1.82, 2.24) is 4.57 Å². The summed E-state index contributed by atoms with van der Waals surface area (Å²) < 4.78 is 20.4. The molecule has 1 heterocycles. The number of ether oxygens (including phenoxy) is 1. The van der Waals surface area contributed by atoms with Gasteiger partial charge in [-0.3, -0.25) is 4.79 Å². The second kappa shape index (κ2) is 8.68. The standard InChI is InChI=1S/C21H16Cl2FNO4/c1-2-25-18(29-11-12-3-6-14(24)7-4-12)10-17(26)19(21(27)28)20(25)13-5-8-15(22)16(23)9-13/h3-10H,2,11H2,1H3,(H,27,28). The van der Waals surface area contributed by atoms with Gasteiger partial charge in [-0.25, -0.2) is 9.18 Å². The summed E-state index contributed by atoms with van der Waals surface area (Å²) in [5.41, 5.74) is 0.194. The molecule has 29 heavy (non-hydrogen) atoms. The van der Waals surface area contributed by atoms with E-state index in [4.69, 9.17) is 27.9 Å². The molecule has 0 unspecified atom stereocenters. The second-order valence-electron chi connectivity index (χ2n) is 6.16. The first-order valence-corrected chi connectivity index (χ1v) is 9.41. The summed E-state index contributed by atoms with van der Waals surface area (Å²) in [6, 6.07) is 11.5. The van der Waals surface area contributed by atoms with Crippen LogP contribution >= 0.6 is 23.2 Å². The maximum absolute atomic E-state index is 13.1. The summed E-state index contributed by atoms with van der Waals surface area (Å²) in [7, 11) is 0. The topological polar surface area (TPSA) is 68.5 Å². The highest BCUT2D eigenvalue weighted by Crippen LogP contribution is 2.32. The number of carboxylic acid groups (broad SMARTS) is 1. The molecular weight excluding hydrogens is 420 g/mol. The largest absolute Gasteiger partial charge is 0.477 e. The average molecular weight is 436 g/mol.